The van der Waals surface area contributed by atoms with E-state index in [4.69, 9.17) is 5.73 Å². The molecular formula is C17H24FN3. The molecule has 0 spiro atoms. The minimum absolute atomic E-state index is 0.181. The molecule has 1 heterocycles. The highest BCUT2D eigenvalue weighted by Crippen LogP contribution is 2.22. The Balaban J connectivity index is 2.04. The van der Waals surface area contributed by atoms with E-state index in [1.54, 1.807) is 0 Å². The van der Waals surface area contributed by atoms with Crippen molar-refractivity contribution in [3.63, 3.8) is 0 Å². The Kier molecular flexibility index (Phi) is 5.35. The summed E-state index contributed by atoms with van der Waals surface area (Å²) in [7, 11) is 4.21. The highest BCUT2D eigenvalue weighted by Gasteiger charge is 2.31. The van der Waals surface area contributed by atoms with Gasteiger partial charge in [0.15, 0.2) is 0 Å². The van der Waals surface area contributed by atoms with Gasteiger partial charge in [0.05, 0.1) is 6.54 Å². The van der Waals surface area contributed by atoms with Gasteiger partial charge < -0.3 is 10.6 Å². The molecule has 1 aliphatic heterocycles. The number of hydrogen-bond donors (Lipinski definition) is 1. The molecule has 114 valence electrons. The van der Waals surface area contributed by atoms with Gasteiger partial charge in [-0.25, -0.2) is 4.39 Å². The van der Waals surface area contributed by atoms with Gasteiger partial charge in [0.1, 0.15) is 5.82 Å². The molecule has 1 aromatic rings. The molecule has 3 nitrogen and oxygen atoms in total. The molecular weight excluding hydrogens is 265 g/mol. The minimum atomic E-state index is -0.181. The van der Waals surface area contributed by atoms with Crippen LogP contribution in [0.3, 0.4) is 0 Å². The first kappa shape index (κ1) is 16.0. The largest absolute Gasteiger partial charge is 0.320 e. The van der Waals surface area contributed by atoms with Gasteiger partial charge in [0, 0.05) is 36.8 Å². The van der Waals surface area contributed by atoms with E-state index >= 15 is 0 Å². The van der Waals surface area contributed by atoms with Crippen LogP contribution in [0, 0.1) is 23.6 Å². The number of benzene rings is 1. The maximum atomic E-state index is 14.1. The molecule has 2 unspecified atom stereocenters. The van der Waals surface area contributed by atoms with Crippen LogP contribution in [-0.2, 0) is 6.54 Å². The Morgan fingerprint density at radius 2 is 2.14 bits per heavy atom. The summed E-state index contributed by atoms with van der Waals surface area (Å²) in [5, 5.41) is 0. The molecule has 2 N–H and O–H groups in total. The fourth-order valence-electron chi connectivity index (χ4n) is 3.00. The molecule has 0 aromatic heterocycles. The van der Waals surface area contributed by atoms with Crippen molar-refractivity contribution in [2.45, 2.75) is 19.5 Å². The second-order valence-corrected chi connectivity index (χ2v) is 6.01. The standard InChI is InChI=1S/C17H24FN3/c1-13-10-21(12-17(13)20(2)3)11-15-7-6-14(5-4-8-19)9-16(15)18/h6-7,9,13,17H,8,10-12,19H2,1-3H3. The number of halogens is 1. The highest BCUT2D eigenvalue weighted by atomic mass is 19.1. The van der Waals surface area contributed by atoms with Gasteiger partial charge in [-0.3, -0.25) is 4.90 Å². The number of hydrogen-bond acceptors (Lipinski definition) is 3. The zero-order valence-electron chi connectivity index (χ0n) is 13.1. The van der Waals surface area contributed by atoms with Crippen LogP contribution >= 0.6 is 0 Å². The Morgan fingerprint density at radius 3 is 2.71 bits per heavy atom. The number of likely N-dealkylation sites (tertiary alicyclic amines) is 1. The van der Waals surface area contributed by atoms with E-state index in [0.717, 1.165) is 18.7 Å². The molecule has 0 radical (unpaired) electrons. The molecule has 2 rings (SSSR count). The van der Waals surface area contributed by atoms with Crippen molar-refractivity contribution in [3.8, 4) is 11.8 Å². The molecule has 21 heavy (non-hydrogen) atoms. The molecule has 1 aliphatic rings. The van der Waals surface area contributed by atoms with Crippen LogP contribution in [-0.4, -0.2) is 49.6 Å². The summed E-state index contributed by atoms with van der Waals surface area (Å²) in [5.74, 6) is 6.03. The molecule has 1 aromatic carbocycles. The summed E-state index contributed by atoms with van der Waals surface area (Å²) in [6.45, 7) is 5.21. The fraction of sp³-hybridized carbons (Fsp3) is 0.529. The maximum Gasteiger partial charge on any atom is 0.128 e. The smallest absolute Gasteiger partial charge is 0.128 e. The van der Waals surface area contributed by atoms with Gasteiger partial charge >= 0.3 is 0 Å². The molecule has 1 saturated heterocycles. The Labute approximate surface area is 126 Å². The van der Waals surface area contributed by atoms with Crippen molar-refractivity contribution in [3.05, 3.63) is 35.1 Å². The van der Waals surface area contributed by atoms with Gasteiger partial charge in [0.25, 0.3) is 0 Å². The number of nitrogens with zero attached hydrogens (tertiary/aromatic N) is 2. The third-order valence-electron chi connectivity index (χ3n) is 4.09. The molecule has 0 amide bonds. The van der Waals surface area contributed by atoms with Crippen LogP contribution in [0.15, 0.2) is 18.2 Å². The van der Waals surface area contributed by atoms with Gasteiger partial charge in [0.2, 0.25) is 0 Å². The second kappa shape index (κ2) is 7.04. The van der Waals surface area contributed by atoms with Crippen LogP contribution in [0.5, 0.6) is 0 Å². The van der Waals surface area contributed by atoms with E-state index in [9.17, 15) is 4.39 Å². The molecule has 0 saturated carbocycles. The van der Waals surface area contributed by atoms with Crippen LogP contribution in [0.1, 0.15) is 18.1 Å². The first-order valence-corrected chi connectivity index (χ1v) is 7.37. The third-order valence-corrected chi connectivity index (χ3v) is 4.09. The number of rotatable bonds is 3. The first-order valence-electron chi connectivity index (χ1n) is 7.37. The van der Waals surface area contributed by atoms with Crippen molar-refractivity contribution in [2.24, 2.45) is 11.7 Å². The molecule has 0 bridgehead atoms. The predicted octanol–water partition coefficient (Wildman–Crippen LogP) is 1.52. The quantitative estimate of drug-likeness (QED) is 0.856. The van der Waals surface area contributed by atoms with Crippen molar-refractivity contribution in [1.82, 2.24) is 9.80 Å². The van der Waals surface area contributed by atoms with Crippen molar-refractivity contribution in [1.29, 1.82) is 0 Å². The lowest BCUT2D eigenvalue weighted by Crippen LogP contribution is -2.34. The van der Waals surface area contributed by atoms with Crippen molar-refractivity contribution in [2.75, 3.05) is 33.7 Å². The molecule has 2 atom stereocenters. The van der Waals surface area contributed by atoms with Gasteiger partial charge in [-0.05, 0) is 32.1 Å². The topological polar surface area (TPSA) is 32.5 Å². The SMILES string of the molecule is CC1CN(Cc2ccc(C#CCN)cc2F)CC1N(C)C. The maximum absolute atomic E-state index is 14.1. The lowest BCUT2D eigenvalue weighted by Gasteiger charge is -2.22. The molecule has 0 aliphatic carbocycles. The summed E-state index contributed by atoms with van der Waals surface area (Å²) >= 11 is 0. The average Bonchev–Trinajstić information content (AvgIpc) is 2.80. The monoisotopic (exact) mass is 289 g/mol. The van der Waals surface area contributed by atoms with Gasteiger partial charge in [-0.15, -0.1) is 0 Å². The number of nitrogens with two attached hydrogens (primary N) is 1. The highest BCUT2D eigenvalue weighted by molar-refractivity contribution is 5.37. The Hall–Kier alpha value is -1.41. The predicted molar refractivity (Wildman–Crippen MR) is 84.2 cm³/mol. The lowest BCUT2D eigenvalue weighted by molar-refractivity contribution is 0.249. The summed E-state index contributed by atoms with van der Waals surface area (Å²) in [6.07, 6.45) is 0. The Morgan fingerprint density at radius 1 is 1.38 bits per heavy atom. The van der Waals surface area contributed by atoms with E-state index < -0.39 is 0 Å². The van der Waals surface area contributed by atoms with Crippen LogP contribution in [0.25, 0.3) is 0 Å². The van der Waals surface area contributed by atoms with E-state index in [0.29, 0.717) is 30.6 Å². The van der Waals surface area contributed by atoms with E-state index in [1.807, 2.05) is 12.1 Å². The summed E-state index contributed by atoms with van der Waals surface area (Å²) in [6, 6.07) is 5.75. The zero-order chi connectivity index (χ0) is 15.4. The van der Waals surface area contributed by atoms with Gasteiger partial charge in [-0.2, -0.15) is 0 Å². The third kappa shape index (κ3) is 4.04. The number of likely N-dealkylation sites (N-methyl/N-ethyl adjacent to an activating group) is 1. The van der Waals surface area contributed by atoms with E-state index in [1.165, 1.54) is 6.07 Å². The fourth-order valence-corrected chi connectivity index (χ4v) is 3.00. The van der Waals surface area contributed by atoms with Crippen molar-refractivity contribution < 1.29 is 4.39 Å². The van der Waals surface area contributed by atoms with E-state index in [-0.39, 0.29) is 5.82 Å². The molecule has 4 heteroatoms. The van der Waals surface area contributed by atoms with Gasteiger partial charge in [-0.1, -0.05) is 24.8 Å². The van der Waals surface area contributed by atoms with E-state index in [2.05, 4.69) is 42.7 Å². The Bertz CT molecular complexity index is 545. The second-order valence-electron chi connectivity index (χ2n) is 6.01. The van der Waals surface area contributed by atoms with Crippen molar-refractivity contribution >= 4 is 0 Å². The lowest BCUT2D eigenvalue weighted by atomic mass is 10.1. The summed E-state index contributed by atoms with van der Waals surface area (Å²) in [4.78, 5) is 4.57. The normalized spacial score (nSPS) is 22.4. The van der Waals surface area contributed by atoms with Crippen LogP contribution in [0.2, 0.25) is 0 Å². The zero-order valence-corrected chi connectivity index (χ0v) is 13.1. The van der Waals surface area contributed by atoms with Crippen LogP contribution in [0.4, 0.5) is 4.39 Å². The molecule has 1 fully saturated rings. The summed E-state index contributed by atoms with van der Waals surface area (Å²) < 4.78 is 14.1. The summed E-state index contributed by atoms with van der Waals surface area (Å²) in [5.41, 5.74) is 6.74. The average molecular weight is 289 g/mol. The first-order chi connectivity index (χ1) is 10.0. The minimum Gasteiger partial charge on any atom is -0.320 e. The van der Waals surface area contributed by atoms with Crippen LogP contribution < -0.4 is 5.73 Å².